The first-order chi connectivity index (χ1) is 9.99. The Morgan fingerprint density at radius 2 is 1.76 bits per heavy atom. The summed E-state index contributed by atoms with van der Waals surface area (Å²) in [6.45, 7) is 4.06. The van der Waals surface area contributed by atoms with Crippen LogP contribution in [0.1, 0.15) is 22.3 Å². The van der Waals surface area contributed by atoms with Crippen LogP contribution < -0.4 is 4.74 Å². The minimum absolute atomic E-state index is 0.157. The monoisotopic (exact) mass is 302 g/mol. The van der Waals surface area contributed by atoms with Gasteiger partial charge in [-0.3, -0.25) is 4.79 Å². The fourth-order valence-electron chi connectivity index (χ4n) is 2.36. The molecule has 0 aliphatic carbocycles. The summed E-state index contributed by atoms with van der Waals surface area (Å²) in [5.41, 5.74) is 4.23. The lowest BCUT2D eigenvalue weighted by Gasteiger charge is -2.10. The Morgan fingerprint density at radius 1 is 1.05 bits per heavy atom. The summed E-state index contributed by atoms with van der Waals surface area (Å²) in [5, 5.41) is 0.616. The molecule has 0 atom stereocenters. The standard InChI is InChI=1S/C18H19ClO2/c1-12-4-5-13(2)14(8-12)10-17(20)11-15-9-16(19)6-7-18(15)21-3/h4-9H,10-11H2,1-3H3. The Labute approximate surface area is 130 Å². The molecule has 0 spiro atoms. The number of aryl methyl sites for hydroxylation is 2. The Balaban J connectivity index is 2.15. The Hall–Kier alpha value is -1.80. The second-order valence-electron chi connectivity index (χ2n) is 5.28. The molecule has 2 nitrogen and oxygen atoms in total. The maximum atomic E-state index is 12.3. The average Bonchev–Trinajstić information content (AvgIpc) is 2.43. The number of hydrogen-bond acceptors (Lipinski definition) is 2. The van der Waals surface area contributed by atoms with Gasteiger partial charge in [0, 0.05) is 23.4 Å². The van der Waals surface area contributed by atoms with Gasteiger partial charge in [-0.2, -0.15) is 0 Å². The maximum Gasteiger partial charge on any atom is 0.141 e. The summed E-state index contributed by atoms with van der Waals surface area (Å²) >= 11 is 6.00. The summed E-state index contributed by atoms with van der Waals surface area (Å²) in [4.78, 5) is 12.3. The van der Waals surface area contributed by atoms with Gasteiger partial charge in [0.15, 0.2) is 0 Å². The molecule has 0 heterocycles. The van der Waals surface area contributed by atoms with Gasteiger partial charge in [0.05, 0.1) is 7.11 Å². The average molecular weight is 303 g/mol. The van der Waals surface area contributed by atoms with Crippen LogP contribution in [0.5, 0.6) is 5.75 Å². The molecule has 21 heavy (non-hydrogen) atoms. The predicted octanol–water partition coefficient (Wildman–Crippen LogP) is 4.32. The number of carbonyl (C=O) groups excluding carboxylic acids is 1. The van der Waals surface area contributed by atoms with Crippen LogP contribution in [0.15, 0.2) is 36.4 Å². The van der Waals surface area contributed by atoms with E-state index in [9.17, 15) is 4.79 Å². The van der Waals surface area contributed by atoms with Crippen molar-refractivity contribution in [3.63, 3.8) is 0 Å². The zero-order chi connectivity index (χ0) is 15.4. The molecule has 3 heteroatoms. The van der Waals surface area contributed by atoms with Crippen molar-refractivity contribution in [2.75, 3.05) is 7.11 Å². The van der Waals surface area contributed by atoms with Gasteiger partial charge in [-0.05, 0) is 43.2 Å². The third-order valence-electron chi connectivity index (χ3n) is 3.52. The molecule has 0 saturated heterocycles. The second-order valence-corrected chi connectivity index (χ2v) is 5.71. The number of benzene rings is 2. The highest BCUT2D eigenvalue weighted by Gasteiger charge is 2.11. The highest BCUT2D eigenvalue weighted by molar-refractivity contribution is 6.30. The molecular weight excluding hydrogens is 284 g/mol. The normalized spacial score (nSPS) is 10.5. The van der Waals surface area contributed by atoms with Gasteiger partial charge in [-0.15, -0.1) is 0 Å². The lowest BCUT2D eigenvalue weighted by molar-refractivity contribution is -0.117. The van der Waals surface area contributed by atoms with E-state index in [2.05, 4.69) is 18.2 Å². The molecule has 0 amide bonds. The maximum absolute atomic E-state index is 12.3. The third-order valence-corrected chi connectivity index (χ3v) is 3.76. The topological polar surface area (TPSA) is 26.3 Å². The minimum Gasteiger partial charge on any atom is -0.496 e. The van der Waals surface area contributed by atoms with Crippen LogP contribution in [-0.2, 0) is 17.6 Å². The van der Waals surface area contributed by atoms with Crippen molar-refractivity contribution < 1.29 is 9.53 Å². The third kappa shape index (κ3) is 4.08. The molecule has 0 radical (unpaired) electrons. The lowest BCUT2D eigenvalue weighted by atomic mass is 9.97. The number of hydrogen-bond donors (Lipinski definition) is 0. The molecule has 0 saturated carbocycles. The Morgan fingerprint density at radius 3 is 2.48 bits per heavy atom. The second kappa shape index (κ2) is 6.77. The molecule has 0 aliphatic rings. The molecule has 0 aromatic heterocycles. The summed E-state index contributed by atoms with van der Waals surface area (Å²) < 4.78 is 5.28. The Kier molecular flexibility index (Phi) is 5.03. The lowest BCUT2D eigenvalue weighted by Crippen LogP contribution is -2.09. The van der Waals surface area contributed by atoms with E-state index in [1.165, 1.54) is 5.56 Å². The summed E-state index contributed by atoms with van der Waals surface area (Å²) in [6.07, 6.45) is 0.764. The fourth-order valence-corrected chi connectivity index (χ4v) is 2.56. The van der Waals surface area contributed by atoms with Crippen molar-refractivity contribution in [3.05, 3.63) is 63.7 Å². The van der Waals surface area contributed by atoms with Gasteiger partial charge in [-0.1, -0.05) is 35.4 Å². The van der Waals surface area contributed by atoms with E-state index in [1.54, 1.807) is 25.3 Å². The van der Waals surface area contributed by atoms with Crippen molar-refractivity contribution in [3.8, 4) is 5.75 Å². The van der Waals surface area contributed by atoms with Gasteiger partial charge in [0.25, 0.3) is 0 Å². The van der Waals surface area contributed by atoms with Crippen molar-refractivity contribution in [1.29, 1.82) is 0 Å². The number of ether oxygens (including phenoxy) is 1. The zero-order valence-corrected chi connectivity index (χ0v) is 13.3. The zero-order valence-electron chi connectivity index (χ0n) is 12.6. The van der Waals surface area contributed by atoms with Crippen molar-refractivity contribution >= 4 is 17.4 Å². The van der Waals surface area contributed by atoms with Gasteiger partial charge in [0.1, 0.15) is 11.5 Å². The number of Topliss-reactive ketones (excluding diaryl/α,β-unsaturated/α-hetero) is 1. The van der Waals surface area contributed by atoms with Crippen LogP contribution in [0.25, 0.3) is 0 Å². The van der Waals surface area contributed by atoms with Gasteiger partial charge in [0.2, 0.25) is 0 Å². The molecular formula is C18H19ClO2. The number of methoxy groups -OCH3 is 1. The van der Waals surface area contributed by atoms with Crippen molar-refractivity contribution in [1.82, 2.24) is 0 Å². The molecule has 0 unspecified atom stereocenters. The van der Waals surface area contributed by atoms with Gasteiger partial charge < -0.3 is 4.74 Å². The van der Waals surface area contributed by atoms with Crippen LogP contribution in [0.3, 0.4) is 0 Å². The van der Waals surface area contributed by atoms with Crippen LogP contribution in [-0.4, -0.2) is 12.9 Å². The molecule has 2 aromatic rings. The van der Waals surface area contributed by atoms with Gasteiger partial charge in [-0.25, -0.2) is 0 Å². The van der Waals surface area contributed by atoms with Gasteiger partial charge >= 0.3 is 0 Å². The molecule has 110 valence electrons. The van der Waals surface area contributed by atoms with E-state index in [1.807, 2.05) is 13.8 Å². The first-order valence-electron chi connectivity index (χ1n) is 6.90. The summed E-state index contributed by atoms with van der Waals surface area (Å²) in [7, 11) is 1.60. The van der Waals surface area contributed by atoms with E-state index < -0.39 is 0 Å². The summed E-state index contributed by atoms with van der Waals surface area (Å²) in [5.74, 6) is 0.859. The number of carbonyl (C=O) groups is 1. The smallest absolute Gasteiger partial charge is 0.141 e. The first kappa shape index (κ1) is 15.6. The Bertz CT molecular complexity index is 662. The van der Waals surface area contributed by atoms with E-state index in [4.69, 9.17) is 16.3 Å². The van der Waals surface area contributed by atoms with Crippen LogP contribution in [0, 0.1) is 13.8 Å². The fraction of sp³-hybridized carbons (Fsp3) is 0.278. The van der Waals surface area contributed by atoms with Crippen molar-refractivity contribution in [2.45, 2.75) is 26.7 Å². The van der Waals surface area contributed by atoms with E-state index in [0.29, 0.717) is 23.6 Å². The number of halogens is 1. The van der Waals surface area contributed by atoms with E-state index in [0.717, 1.165) is 16.7 Å². The highest BCUT2D eigenvalue weighted by atomic mass is 35.5. The molecule has 0 N–H and O–H groups in total. The number of ketones is 1. The minimum atomic E-state index is 0.157. The van der Waals surface area contributed by atoms with Crippen LogP contribution in [0.4, 0.5) is 0 Å². The first-order valence-corrected chi connectivity index (χ1v) is 7.27. The summed E-state index contributed by atoms with van der Waals surface area (Å²) in [6, 6.07) is 11.5. The van der Waals surface area contributed by atoms with Crippen LogP contribution >= 0.6 is 11.6 Å². The predicted molar refractivity (Wildman–Crippen MR) is 86.3 cm³/mol. The highest BCUT2D eigenvalue weighted by Crippen LogP contribution is 2.24. The van der Waals surface area contributed by atoms with E-state index in [-0.39, 0.29) is 5.78 Å². The molecule has 0 aliphatic heterocycles. The molecule has 2 rings (SSSR count). The SMILES string of the molecule is COc1ccc(Cl)cc1CC(=O)Cc1cc(C)ccc1C. The quantitative estimate of drug-likeness (QED) is 0.822. The number of rotatable bonds is 5. The van der Waals surface area contributed by atoms with Crippen LogP contribution in [0.2, 0.25) is 5.02 Å². The molecule has 0 bridgehead atoms. The van der Waals surface area contributed by atoms with E-state index >= 15 is 0 Å². The largest absolute Gasteiger partial charge is 0.496 e. The van der Waals surface area contributed by atoms with Crippen molar-refractivity contribution in [2.24, 2.45) is 0 Å². The molecule has 2 aromatic carbocycles. The molecule has 0 fully saturated rings.